The number of nitrogens with zero attached hydrogens (tertiary/aromatic N) is 1. The van der Waals surface area contributed by atoms with Gasteiger partial charge in [-0.05, 0) is 31.4 Å². The fraction of sp³-hybridized carbons (Fsp3) is 0.615. The first-order valence-corrected chi connectivity index (χ1v) is 6.22. The molecule has 1 heterocycles. The van der Waals surface area contributed by atoms with Gasteiger partial charge in [0.25, 0.3) is 0 Å². The van der Waals surface area contributed by atoms with E-state index in [-0.39, 0.29) is 12.0 Å². The van der Waals surface area contributed by atoms with Crippen LogP contribution in [0.3, 0.4) is 0 Å². The molecular weight excluding hydrogens is 214 g/mol. The van der Waals surface area contributed by atoms with Crippen LogP contribution in [0.15, 0.2) is 12.3 Å². The highest BCUT2D eigenvalue weighted by Gasteiger charge is 2.32. The number of anilines is 2. The molecule has 4 N–H and O–H groups in total. The van der Waals surface area contributed by atoms with E-state index in [4.69, 9.17) is 5.73 Å². The van der Waals surface area contributed by atoms with Crippen LogP contribution in [0.25, 0.3) is 0 Å². The van der Waals surface area contributed by atoms with Gasteiger partial charge in [0.05, 0.1) is 18.5 Å². The molecule has 1 saturated carbocycles. The van der Waals surface area contributed by atoms with Crippen molar-refractivity contribution >= 4 is 11.5 Å². The van der Waals surface area contributed by atoms with Crippen LogP contribution in [0.1, 0.15) is 31.2 Å². The molecule has 0 spiro atoms. The molecule has 0 amide bonds. The molecule has 4 nitrogen and oxygen atoms in total. The number of hydrogen-bond acceptors (Lipinski definition) is 4. The van der Waals surface area contributed by atoms with E-state index in [1.54, 1.807) is 6.20 Å². The van der Waals surface area contributed by atoms with Crippen molar-refractivity contribution in [2.24, 2.45) is 5.41 Å². The van der Waals surface area contributed by atoms with E-state index in [1.165, 1.54) is 12.8 Å². The molecule has 0 radical (unpaired) electrons. The molecule has 0 saturated heterocycles. The molecule has 1 fully saturated rings. The molecule has 0 unspecified atom stereocenters. The Hall–Kier alpha value is -1.29. The first kappa shape index (κ1) is 12.2. The highest BCUT2D eigenvalue weighted by Crippen LogP contribution is 2.37. The van der Waals surface area contributed by atoms with E-state index in [2.05, 4.69) is 10.3 Å². The van der Waals surface area contributed by atoms with E-state index in [0.717, 1.165) is 30.8 Å². The molecule has 4 heteroatoms. The average molecular weight is 235 g/mol. The van der Waals surface area contributed by atoms with E-state index < -0.39 is 0 Å². The fourth-order valence-electron chi connectivity index (χ4n) is 2.46. The number of nitrogens with one attached hydrogen (secondary N) is 1. The largest absolute Gasteiger partial charge is 0.397 e. The number of aryl methyl sites for hydroxylation is 1. The average Bonchev–Trinajstić information content (AvgIpc) is 2.80. The molecule has 1 aromatic rings. The number of aromatic nitrogens is 1. The second-order valence-corrected chi connectivity index (χ2v) is 5.14. The van der Waals surface area contributed by atoms with Crippen molar-refractivity contribution < 1.29 is 5.11 Å². The fourth-order valence-corrected chi connectivity index (χ4v) is 2.46. The smallest absolute Gasteiger partial charge is 0.126 e. The van der Waals surface area contributed by atoms with Crippen LogP contribution in [0.2, 0.25) is 0 Å². The van der Waals surface area contributed by atoms with Crippen molar-refractivity contribution in [2.45, 2.75) is 32.6 Å². The van der Waals surface area contributed by atoms with Crippen molar-refractivity contribution in [1.82, 2.24) is 4.98 Å². The predicted octanol–water partition coefficient (Wildman–Crippen LogP) is 1.94. The van der Waals surface area contributed by atoms with Crippen LogP contribution < -0.4 is 11.1 Å². The zero-order valence-electron chi connectivity index (χ0n) is 10.4. The van der Waals surface area contributed by atoms with Crippen molar-refractivity contribution in [1.29, 1.82) is 0 Å². The Morgan fingerprint density at radius 1 is 1.47 bits per heavy atom. The summed E-state index contributed by atoms with van der Waals surface area (Å²) in [6, 6.07) is 1.95. The van der Waals surface area contributed by atoms with Gasteiger partial charge in [-0.15, -0.1) is 0 Å². The SMILES string of the molecule is Cc1cc(NCC2(CO)CCCC2)ncc1N. The molecule has 0 atom stereocenters. The summed E-state index contributed by atoms with van der Waals surface area (Å²) < 4.78 is 0. The highest BCUT2D eigenvalue weighted by molar-refractivity contribution is 5.50. The summed E-state index contributed by atoms with van der Waals surface area (Å²) in [6.07, 6.45) is 6.32. The maximum absolute atomic E-state index is 9.51. The number of hydrogen-bond donors (Lipinski definition) is 3. The third-order valence-corrected chi connectivity index (χ3v) is 3.80. The lowest BCUT2D eigenvalue weighted by atomic mass is 9.87. The minimum Gasteiger partial charge on any atom is -0.397 e. The summed E-state index contributed by atoms with van der Waals surface area (Å²) in [5.41, 5.74) is 7.53. The second kappa shape index (κ2) is 4.92. The monoisotopic (exact) mass is 235 g/mol. The van der Waals surface area contributed by atoms with Crippen LogP contribution in [-0.4, -0.2) is 23.2 Å². The van der Waals surface area contributed by atoms with Crippen LogP contribution in [-0.2, 0) is 0 Å². The van der Waals surface area contributed by atoms with Gasteiger partial charge >= 0.3 is 0 Å². The van der Waals surface area contributed by atoms with Gasteiger partial charge in [0.1, 0.15) is 5.82 Å². The van der Waals surface area contributed by atoms with E-state index in [9.17, 15) is 5.11 Å². The number of nitrogen functional groups attached to an aromatic ring is 1. The summed E-state index contributed by atoms with van der Waals surface area (Å²) >= 11 is 0. The maximum atomic E-state index is 9.51. The lowest BCUT2D eigenvalue weighted by Crippen LogP contribution is -2.30. The molecule has 1 aliphatic carbocycles. The molecular formula is C13H21N3O. The first-order valence-electron chi connectivity index (χ1n) is 6.22. The standard InChI is InChI=1S/C13H21N3O/c1-10-6-12(15-7-11(10)14)16-8-13(9-17)4-2-3-5-13/h6-7,17H,2-5,8-9,14H2,1H3,(H,15,16). The Morgan fingerprint density at radius 3 is 2.76 bits per heavy atom. The molecule has 0 bridgehead atoms. The van der Waals surface area contributed by atoms with Gasteiger partial charge in [-0.1, -0.05) is 12.8 Å². The van der Waals surface area contributed by atoms with Gasteiger partial charge in [-0.2, -0.15) is 0 Å². The third kappa shape index (κ3) is 2.69. The van der Waals surface area contributed by atoms with Crippen LogP contribution in [0.5, 0.6) is 0 Å². The van der Waals surface area contributed by atoms with Crippen LogP contribution in [0, 0.1) is 12.3 Å². The molecule has 0 aromatic carbocycles. The molecule has 17 heavy (non-hydrogen) atoms. The molecule has 94 valence electrons. The number of rotatable bonds is 4. The van der Waals surface area contributed by atoms with Crippen molar-refractivity contribution in [2.75, 3.05) is 24.2 Å². The Labute approximate surface area is 102 Å². The Morgan fingerprint density at radius 2 is 2.18 bits per heavy atom. The zero-order valence-corrected chi connectivity index (χ0v) is 10.4. The lowest BCUT2D eigenvalue weighted by molar-refractivity contribution is 0.142. The maximum Gasteiger partial charge on any atom is 0.126 e. The van der Waals surface area contributed by atoms with E-state index in [1.807, 2.05) is 13.0 Å². The van der Waals surface area contributed by atoms with Crippen molar-refractivity contribution in [3.63, 3.8) is 0 Å². The summed E-state index contributed by atoms with van der Waals surface area (Å²) in [4.78, 5) is 4.25. The van der Waals surface area contributed by atoms with Gasteiger partial charge in [0, 0.05) is 12.0 Å². The third-order valence-electron chi connectivity index (χ3n) is 3.80. The number of nitrogens with two attached hydrogens (primary N) is 1. The quantitative estimate of drug-likeness (QED) is 0.746. The summed E-state index contributed by atoms with van der Waals surface area (Å²) in [5.74, 6) is 0.844. The lowest BCUT2D eigenvalue weighted by Gasteiger charge is -2.26. The van der Waals surface area contributed by atoms with Crippen LogP contribution >= 0.6 is 0 Å². The summed E-state index contributed by atoms with van der Waals surface area (Å²) in [7, 11) is 0. The van der Waals surface area contributed by atoms with E-state index >= 15 is 0 Å². The number of aliphatic hydroxyl groups excluding tert-OH is 1. The normalized spacial score (nSPS) is 18.2. The Kier molecular flexibility index (Phi) is 3.52. The summed E-state index contributed by atoms with van der Waals surface area (Å²) in [6.45, 7) is 3.02. The van der Waals surface area contributed by atoms with Gasteiger partial charge < -0.3 is 16.2 Å². The first-order chi connectivity index (χ1) is 8.15. The highest BCUT2D eigenvalue weighted by atomic mass is 16.3. The minimum atomic E-state index is 0.0526. The van der Waals surface area contributed by atoms with Gasteiger partial charge in [-0.3, -0.25) is 0 Å². The van der Waals surface area contributed by atoms with Crippen molar-refractivity contribution in [3.05, 3.63) is 17.8 Å². The van der Waals surface area contributed by atoms with Gasteiger partial charge in [-0.25, -0.2) is 4.98 Å². The summed E-state index contributed by atoms with van der Waals surface area (Å²) in [5, 5.41) is 12.8. The Balaban J connectivity index is 1.99. The van der Waals surface area contributed by atoms with Crippen LogP contribution in [0.4, 0.5) is 11.5 Å². The molecule has 1 aliphatic rings. The predicted molar refractivity (Wildman–Crippen MR) is 69.9 cm³/mol. The van der Waals surface area contributed by atoms with E-state index in [0.29, 0.717) is 5.69 Å². The molecule has 2 rings (SSSR count). The number of aliphatic hydroxyl groups is 1. The number of pyridine rings is 1. The molecule has 1 aromatic heterocycles. The topological polar surface area (TPSA) is 71.2 Å². The second-order valence-electron chi connectivity index (χ2n) is 5.14. The van der Waals surface area contributed by atoms with Crippen molar-refractivity contribution in [3.8, 4) is 0 Å². The van der Waals surface area contributed by atoms with Gasteiger partial charge in [0.15, 0.2) is 0 Å². The zero-order chi connectivity index (χ0) is 12.3. The van der Waals surface area contributed by atoms with Gasteiger partial charge in [0.2, 0.25) is 0 Å². The molecule has 0 aliphatic heterocycles. The minimum absolute atomic E-state index is 0.0526. The Bertz CT molecular complexity index is 386.